The van der Waals surface area contributed by atoms with Gasteiger partial charge in [-0.3, -0.25) is 9.97 Å². The number of para-hydroxylation sites is 1. The maximum Gasteiger partial charge on any atom is 0.0787 e. The number of nitrogens with zero attached hydrogens (tertiary/aromatic N) is 2. The third kappa shape index (κ3) is 1.51. The van der Waals surface area contributed by atoms with E-state index in [-0.39, 0.29) is 0 Å². The Hall–Kier alpha value is -2.48. The van der Waals surface area contributed by atoms with Gasteiger partial charge in [-0.1, -0.05) is 43.3 Å². The zero-order valence-corrected chi connectivity index (χ0v) is 11.3. The van der Waals surface area contributed by atoms with E-state index in [1.807, 2.05) is 18.3 Å². The zero-order chi connectivity index (χ0) is 13.5. The largest absolute Gasteiger partial charge is 0.256 e. The van der Waals surface area contributed by atoms with Gasteiger partial charge < -0.3 is 0 Å². The lowest BCUT2D eigenvalue weighted by atomic mass is 10.00. The molecule has 0 saturated carbocycles. The molecule has 96 valence electrons. The summed E-state index contributed by atoms with van der Waals surface area (Å²) in [7, 11) is 0. The minimum atomic E-state index is 0.930. The molecule has 0 fully saturated rings. The van der Waals surface area contributed by atoms with Gasteiger partial charge in [-0.2, -0.15) is 0 Å². The Bertz CT molecular complexity index is 926. The molecule has 0 spiro atoms. The van der Waals surface area contributed by atoms with Crippen molar-refractivity contribution in [3.63, 3.8) is 0 Å². The van der Waals surface area contributed by atoms with Crippen LogP contribution in [0.4, 0.5) is 0 Å². The normalized spacial score (nSPS) is 11.4. The van der Waals surface area contributed by atoms with Gasteiger partial charge in [-0.25, -0.2) is 0 Å². The number of hydrogen-bond donors (Lipinski definition) is 0. The van der Waals surface area contributed by atoms with Gasteiger partial charge in [0.25, 0.3) is 0 Å². The number of pyridine rings is 2. The first-order valence-electron chi connectivity index (χ1n) is 6.93. The lowest BCUT2D eigenvalue weighted by Crippen LogP contribution is -1.93. The molecule has 2 aromatic heterocycles. The van der Waals surface area contributed by atoms with Crippen molar-refractivity contribution in [1.82, 2.24) is 9.97 Å². The van der Waals surface area contributed by atoms with Gasteiger partial charge in [0.05, 0.1) is 11.0 Å². The summed E-state index contributed by atoms with van der Waals surface area (Å²) in [4.78, 5) is 9.41. The van der Waals surface area contributed by atoms with E-state index in [2.05, 4.69) is 48.3 Å². The van der Waals surface area contributed by atoms with Crippen molar-refractivity contribution in [3.8, 4) is 0 Å². The first-order valence-corrected chi connectivity index (χ1v) is 6.93. The number of rotatable bonds is 1. The Morgan fingerprint density at radius 2 is 1.80 bits per heavy atom. The van der Waals surface area contributed by atoms with E-state index in [9.17, 15) is 0 Å². The van der Waals surface area contributed by atoms with Crippen molar-refractivity contribution < 1.29 is 0 Å². The van der Waals surface area contributed by atoms with Crippen LogP contribution in [-0.4, -0.2) is 9.97 Å². The first kappa shape index (κ1) is 11.4. The highest BCUT2D eigenvalue weighted by atomic mass is 14.7. The minimum absolute atomic E-state index is 0.930. The average Bonchev–Trinajstić information content (AvgIpc) is 2.53. The second-order valence-corrected chi connectivity index (χ2v) is 4.99. The summed E-state index contributed by atoms with van der Waals surface area (Å²) < 4.78 is 0. The predicted molar refractivity (Wildman–Crippen MR) is 83.9 cm³/mol. The van der Waals surface area contributed by atoms with Crippen LogP contribution in [0.5, 0.6) is 0 Å². The summed E-state index contributed by atoms with van der Waals surface area (Å²) in [6, 6.07) is 16.7. The second-order valence-electron chi connectivity index (χ2n) is 4.99. The number of hydrogen-bond acceptors (Lipinski definition) is 2. The Morgan fingerprint density at radius 1 is 0.900 bits per heavy atom. The monoisotopic (exact) mass is 258 g/mol. The Labute approximate surface area is 117 Å². The molecule has 2 heterocycles. The Balaban J connectivity index is 2.36. The second kappa shape index (κ2) is 4.27. The maximum absolute atomic E-state index is 4.80. The van der Waals surface area contributed by atoms with Gasteiger partial charge in [0.15, 0.2) is 0 Å². The SMILES string of the molecule is CCc1nc2ccccc2c2c1ccc1cccnc12. The molecule has 2 nitrogen and oxygen atoms in total. The van der Waals surface area contributed by atoms with Crippen molar-refractivity contribution in [1.29, 1.82) is 0 Å². The van der Waals surface area contributed by atoms with Crippen LogP contribution in [0.25, 0.3) is 32.6 Å². The molecule has 20 heavy (non-hydrogen) atoms. The highest BCUT2D eigenvalue weighted by Crippen LogP contribution is 2.31. The van der Waals surface area contributed by atoms with Gasteiger partial charge in [0.1, 0.15) is 0 Å². The Kier molecular flexibility index (Phi) is 2.43. The van der Waals surface area contributed by atoms with Crippen LogP contribution >= 0.6 is 0 Å². The van der Waals surface area contributed by atoms with Crippen molar-refractivity contribution in [2.75, 3.05) is 0 Å². The van der Waals surface area contributed by atoms with Crippen LogP contribution in [0.3, 0.4) is 0 Å². The van der Waals surface area contributed by atoms with E-state index in [0.29, 0.717) is 0 Å². The topological polar surface area (TPSA) is 25.8 Å². The average molecular weight is 258 g/mol. The number of aryl methyl sites for hydroxylation is 1. The summed E-state index contributed by atoms with van der Waals surface area (Å²) in [6.07, 6.45) is 2.79. The molecule has 0 unspecified atom stereocenters. The fraction of sp³-hybridized carbons (Fsp3) is 0.111. The van der Waals surface area contributed by atoms with Gasteiger partial charge >= 0.3 is 0 Å². The van der Waals surface area contributed by atoms with Crippen LogP contribution in [0.1, 0.15) is 12.6 Å². The quantitative estimate of drug-likeness (QED) is 0.470. The third-order valence-electron chi connectivity index (χ3n) is 3.85. The van der Waals surface area contributed by atoms with E-state index >= 15 is 0 Å². The minimum Gasteiger partial charge on any atom is -0.256 e. The lowest BCUT2D eigenvalue weighted by Gasteiger charge is -2.10. The van der Waals surface area contributed by atoms with Crippen LogP contribution in [0.15, 0.2) is 54.7 Å². The highest BCUT2D eigenvalue weighted by Gasteiger charge is 2.10. The molecule has 0 amide bonds. The van der Waals surface area contributed by atoms with Gasteiger partial charge in [-0.15, -0.1) is 0 Å². The van der Waals surface area contributed by atoms with E-state index in [1.165, 1.54) is 21.5 Å². The molecule has 0 N–H and O–H groups in total. The van der Waals surface area contributed by atoms with E-state index < -0.39 is 0 Å². The van der Waals surface area contributed by atoms with Gasteiger partial charge in [0.2, 0.25) is 0 Å². The van der Waals surface area contributed by atoms with Crippen molar-refractivity contribution >= 4 is 32.6 Å². The maximum atomic E-state index is 4.80. The molecular formula is C18H14N2. The van der Waals surface area contributed by atoms with Crippen LogP contribution in [0.2, 0.25) is 0 Å². The zero-order valence-electron chi connectivity index (χ0n) is 11.3. The van der Waals surface area contributed by atoms with Gasteiger partial charge in [0, 0.05) is 33.4 Å². The molecule has 0 radical (unpaired) electrons. The fourth-order valence-electron chi connectivity index (χ4n) is 2.92. The summed E-state index contributed by atoms with van der Waals surface area (Å²) in [5.74, 6) is 0. The summed E-state index contributed by atoms with van der Waals surface area (Å²) >= 11 is 0. The van der Waals surface area contributed by atoms with Crippen molar-refractivity contribution in [2.45, 2.75) is 13.3 Å². The number of aromatic nitrogens is 2. The number of fused-ring (bicyclic) bond motifs is 5. The summed E-state index contributed by atoms with van der Waals surface area (Å²) in [5.41, 5.74) is 3.26. The standard InChI is InChI=1S/C18H14N2/c1-2-15-14-10-9-12-6-5-11-19-18(12)17(14)13-7-3-4-8-16(13)20-15/h3-11H,2H2,1H3. The van der Waals surface area contributed by atoms with Crippen molar-refractivity contribution in [3.05, 3.63) is 60.4 Å². The molecule has 0 saturated heterocycles. The van der Waals surface area contributed by atoms with E-state index in [1.54, 1.807) is 0 Å². The fourth-order valence-corrected chi connectivity index (χ4v) is 2.92. The highest BCUT2D eigenvalue weighted by molar-refractivity contribution is 6.18. The van der Waals surface area contributed by atoms with Crippen LogP contribution < -0.4 is 0 Å². The molecule has 0 aliphatic rings. The van der Waals surface area contributed by atoms with Crippen LogP contribution in [0, 0.1) is 0 Å². The molecule has 0 aliphatic carbocycles. The molecule has 0 atom stereocenters. The molecule has 2 aromatic carbocycles. The Morgan fingerprint density at radius 3 is 2.70 bits per heavy atom. The van der Waals surface area contributed by atoms with Crippen molar-refractivity contribution in [2.24, 2.45) is 0 Å². The first-order chi connectivity index (χ1) is 9.88. The number of benzene rings is 2. The summed E-state index contributed by atoms with van der Waals surface area (Å²) in [5, 5.41) is 4.81. The predicted octanol–water partition coefficient (Wildman–Crippen LogP) is 4.50. The summed E-state index contributed by atoms with van der Waals surface area (Å²) in [6.45, 7) is 2.15. The molecule has 4 aromatic rings. The molecule has 4 rings (SSSR count). The molecule has 2 heteroatoms. The molecular weight excluding hydrogens is 244 g/mol. The molecule has 0 bridgehead atoms. The van der Waals surface area contributed by atoms with E-state index in [4.69, 9.17) is 4.98 Å². The smallest absolute Gasteiger partial charge is 0.0787 e. The van der Waals surface area contributed by atoms with Crippen LogP contribution in [-0.2, 0) is 6.42 Å². The van der Waals surface area contributed by atoms with Gasteiger partial charge in [-0.05, 0) is 18.6 Å². The lowest BCUT2D eigenvalue weighted by molar-refractivity contribution is 1.08. The molecule has 0 aliphatic heterocycles. The third-order valence-corrected chi connectivity index (χ3v) is 3.85. The van der Waals surface area contributed by atoms with E-state index in [0.717, 1.165) is 23.1 Å².